The summed E-state index contributed by atoms with van der Waals surface area (Å²) in [5.74, 6) is 0.185. The molecule has 1 unspecified atom stereocenters. The van der Waals surface area contributed by atoms with E-state index in [0.717, 1.165) is 11.1 Å². The summed E-state index contributed by atoms with van der Waals surface area (Å²) >= 11 is 0. The van der Waals surface area contributed by atoms with Gasteiger partial charge in [0.1, 0.15) is 0 Å². The lowest BCUT2D eigenvalue weighted by molar-refractivity contribution is 0.00578. The molecule has 0 bridgehead atoms. The van der Waals surface area contributed by atoms with Crippen molar-refractivity contribution in [3.05, 3.63) is 71.3 Å². The SMILES string of the molecule is CC(C)N(C(=O)c1ccc(C(CB2OC(C)(C)C(C)(C)O2)c2ccccc2)cc1)C(C)C. The molecule has 1 aliphatic rings. The Morgan fingerprint density at radius 3 is 1.75 bits per heavy atom. The van der Waals surface area contributed by atoms with Crippen LogP contribution in [0.15, 0.2) is 54.6 Å². The second-order valence-corrected chi connectivity index (χ2v) is 10.4. The number of carbonyl (C=O) groups excluding carboxylic acids is 1. The number of hydrogen-bond donors (Lipinski definition) is 0. The number of benzene rings is 2. The van der Waals surface area contributed by atoms with Gasteiger partial charge < -0.3 is 14.2 Å². The summed E-state index contributed by atoms with van der Waals surface area (Å²) in [4.78, 5) is 15.0. The molecular formula is C27H38BNO3. The lowest BCUT2D eigenvalue weighted by Crippen LogP contribution is -2.42. The summed E-state index contributed by atoms with van der Waals surface area (Å²) < 4.78 is 12.6. The molecule has 3 rings (SSSR count). The largest absolute Gasteiger partial charge is 0.458 e. The third-order valence-corrected chi connectivity index (χ3v) is 6.84. The molecular weight excluding hydrogens is 397 g/mol. The Morgan fingerprint density at radius 2 is 1.28 bits per heavy atom. The van der Waals surface area contributed by atoms with Gasteiger partial charge in [0.15, 0.2) is 0 Å². The van der Waals surface area contributed by atoms with Crippen LogP contribution in [-0.2, 0) is 9.31 Å². The van der Waals surface area contributed by atoms with Gasteiger partial charge in [0.25, 0.3) is 5.91 Å². The van der Waals surface area contributed by atoms with E-state index in [0.29, 0.717) is 6.32 Å². The van der Waals surface area contributed by atoms with Crippen molar-refractivity contribution >= 4 is 13.0 Å². The minimum atomic E-state index is -0.355. The first-order valence-electron chi connectivity index (χ1n) is 11.8. The molecule has 1 fully saturated rings. The monoisotopic (exact) mass is 435 g/mol. The minimum Gasteiger partial charge on any atom is -0.403 e. The van der Waals surface area contributed by atoms with Crippen LogP contribution in [0.1, 0.15) is 82.8 Å². The smallest absolute Gasteiger partial charge is 0.403 e. The van der Waals surface area contributed by atoms with Gasteiger partial charge in [0.05, 0.1) is 11.2 Å². The second kappa shape index (κ2) is 9.40. The molecule has 4 nitrogen and oxygen atoms in total. The van der Waals surface area contributed by atoms with Crippen molar-refractivity contribution in [2.75, 3.05) is 0 Å². The maximum absolute atomic E-state index is 13.1. The molecule has 1 atom stereocenters. The Hall–Kier alpha value is -2.11. The quantitative estimate of drug-likeness (QED) is 0.488. The van der Waals surface area contributed by atoms with Gasteiger partial charge in [-0.15, -0.1) is 0 Å². The standard InChI is InChI=1S/C27H38BNO3/c1-19(2)29(20(3)4)25(30)23-16-14-22(15-17-23)24(21-12-10-9-11-13-21)18-28-31-26(5,6)27(7,8)32-28/h9-17,19-20,24H,18H2,1-8H3. The van der Waals surface area contributed by atoms with Gasteiger partial charge in [-0.2, -0.15) is 0 Å². The summed E-state index contributed by atoms with van der Waals surface area (Å²) in [5.41, 5.74) is 2.38. The van der Waals surface area contributed by atoms with Crippen molar-refractivity contribution in [3.63, 3.8) is 0 Å². The number of amides is 1. The molecule has 0 saturated carbocycles. The molecule has 0 spiro atoms. The van der Waals surface area contributed by atoms with E-state index in [-0.39, 0.29) is 42.2 Å². The normalized spacial score (nSPS) is 18.2. The molecule has 2 aromatic carbocycles. The van der Waals surface area contributed by atoms with E-state index in [1.165, 1.54) is 5.56 Å². The zero-order valence-corrected chi connectivity index (χ0v) is 20.9. The summed E-state index contributed by atoms with van der Waals surface area (Å²) in [5, 5.41) is 0. The van der Waals surface area contributed by atoms with Crippen LogP contribution in [0.25, 0.3) is 0 Å². The topological polar surface area (TPSA) is 38.8 Å². The Labute approximate surface area is 194 Å². The highest BCUT2D eigenvalue weighted by molar-refractivity contribution is 6.45. The van der Waals surface area contributed by atoms with Gasteiger partial charge >= 0.3 is 7.12 Å². The number of hydrogen-bond acceptors (Lipinski definition) is 3. The fraction of sp³-hybridized carbons (Fsp3) is 0.519. The van der Waals surface area contributed by atoms with Crippen molar-refractivity contribution in [2.45, 2.75) is 90.9 Å². The average molecular weight is 435 g/mol. The van der Waals surface area contributed by atoms with Gasteiger partial charge in [0, 0.05) is 23.6 Å². The molecule has 0 aromatic heterocycles. The molecule has 172 valence electrons. The van der Waals surface area contributed by atoms with Crippen molar-refractivity contribution < 1.29 is 14.1 Å². The van der Waals surface area contributed by atoms with Crippen LogP contribution in [-0.4, -0.2) is 41.2 Å². The molecule has 1 saturated heterocycles. The maximum atomic E-state index is 13.1. The molecule has 1 aliphatic heterocycles. The van der Waals surface area contributed by atoms with Crippen LogP contribution in [0.2, 0.25) is 6.32 Å². The minimum absolute atomic E-state index is 0.0729. The Kier molecular flexibility index (Phi) is 7.21. The highest BCUT2D eigenvalue weighted by Gasteiger charge is 2.51. The van der Waals surface area contributed by atoms with Gasteiger partial charge in [-0.25, -0.2) is 0 Å². The van der Waals surface area contributed by atoms with E-state index < -0.39 is 0 Å². The first-order chi connectivity index (χ1) is 14.9. The Morgan fingerprint density at radius 1 is 0.812 bits per heavy atom. The molecule has 1 amide bonds. The van der Waals surface area contributed by atoms with Crippen LogP contribution in [0.5, 0.6) is 0 Å². The Balaban J connectivity index is 1.87. The van der Waals surface area contributed by atoms with Crippen LogP contribution in [0.3, 0.4) is 0 Å². The van der Waals surface area contributed by atoms with E-state index in [1.807, 2.05) is 23.1 Å². The first-order valence-corrected chi connectivity index (χ1v) is 11.8. The zero-order valence-electron chi connectivity index (χ0n) is 20.9. The lowest BCUT2D eigenvalue weighted by Gasteiger charge is -2.32. The van der Waals surface area contributed by atoms with Gasteiger partial charge in [-0.1, -0.05) is 42.5 Å². The third kappa shape index (κ3) is 5.10. The fourth-order valence-electron chi connectivity index (χ4n) is 4.48. The zero-order chi connectivity index (χ0) is 23.7. The highest BCUT2D eigenvalue weighted by atomic mass is 16.7. The van der Waals surface area contributed by atoms with Crippen LogP contribution in [0.4, 0.5) is 0 Å². The number of nitrogens with zero attached hydrogens (tertiary/aromatic N) is 1. The Bertz CT molecular complexity index is 882. The van der Waals surface area contributed by atoms with Crippen molar-refractivity contribution in [2.24, 2.45) is 0 Å². The van der Waals surface area contributed by atoms with E-state index in [2.05, 4.69) is 91.8 Å². The van der Waals surface area contributed by atoms with Crippen LogP contribution < -0.4 is 0 Å². The van der Waals surface area contributed by atoms with Gasteiger partial charge in [-0.05, 0) is 85.0 Å². The maximum Gasteiger partial charge on any atom is 0.458 e. The average Bonchev–Trinajstić information content (AvgIpc) is 2.92. The summed E-state index contributed by atoms with van der Waals surface area (Å²) in [6.07, 6.45) is 0.717. The van der Waals surface area contributed by atoms with Crippen molar-refractivity contribution in [3.8, 4) is 0 Å². The van der Waals surface area contributed by atoms with E-state index in [4.69, 9.17) is 9.31 Å². The summed E-state index contributed by atoms with van der Waals surface area (Å²) in [6.45, 7) is 16.6. The molecule has 0 aliphatic carbocycles. The second-order valence-electron chi connectivity index (χ2n) is 10.4. The molecule has 0 radical (unpaired) electrons. The van der Waals surface area contributed by atoms with Crippen molar-refractivity contribution in [1.82, 2.24) is 4.90 Å². The van der Waals surface area contributed by atoms with Crippen LogP contribution >= 0.6 is 0 Å². The molecule has 1 heterocycles. The van der Waals surface area contributed by atoms with Gasteiger partial charge in [0.2, 0.25) is 0 Å². The van der Waals surface area contributed by atoms with E-state index in [1.54, 1.807) is 0 Å². The van der Waals surface area contributed by atoms with Crippen LogP contribution in [0, 0.1) is 0 Å². The predicted octanol–water partition coefficient (Wildman–Crippen LogP) is 6.17. The molecule has 32 heavy (non-hydrogen) atoms. The van der Waals surface area contributed by atoms with Crippen molar-refractivity contribution in [1.29, 1.82) is 0 Å². The first kappa shape index (κ1) is 24.5. The molecule has 0 N–H and O–H groups in total. The van der Waals surface area contributed by atoms with E-state index >= 15 is 0 Å². The molecule has 5 heteroatoms. The number of carbonyl (C=O) groups is 1. The van der Waals surface area contributed by atoms with Gasteiger partial charge in [-0.3, -0.25) is 4.79 Å². The number of rotatable bonds is 7. The molecule has 2 aromatic rings. The summed E-state index contributed by atoms with van der Waals surface area (Å²) in [7, 11) is -0.288. The summed E-state index contributed by atoms with van der Waals surface area (Å²) in [6, 6.07) is 18.8. The fourth-order valence-corrected chi connectivity index (χ4v) is 4.48. The predicted molar refractivity (Wildman–Crippen MR) is 132 cm³/mol. The lowest BCUT2D eigenvalue weighted by atomic mass is 9.72. The highest BCUT2D eigenvalue weighted by Crippen LogP contribution is 2.41. The third-order valence-electron chi connectivity index (χ3n) is 6.84. The van der Waals surface area contributed by atoms with E-state index in [9.17, 15) is 4.79 Å².